The predicted octanol–water partition coefficient (Wildman–Crippen LogP) is 2.50. The fourth-order valence-corrected chi connectivity index (χ4v) is 2.33. The first-order chi connectivity index (χ1) is 9.31. The molecule has 0 aromatic carbocycles. The largest absolute Gasteiger partial charge is 0.380 e. The molecule has 1 aromatic heterocycles. The zero-order valence-electron chi connectivity index (χ0n) is 11.3. The molecule has 0 aliphatic carbocycles. The van der Waals surface area contributed by atoms with Gasteiger partial charge in [-0.05, 0) is 38.3 Å². The monoisotopic (exact) mass is 263 g/mol. The Kier molecular flexibility index (Phi) is 5.15. The van der Waals surface area contributed by atoms with Crippen LogP contribution in [-0.2, 0) is 4.74 Å². The van der Waals surface area contributed by atoms with Crippen LogP contribution in [0.3, 0.4) is 0 Å². The third-order valence-corrected chi connectivity index (χ3v) is 3.32. The molecule has 2 amide bonds. The SMILES string of the molecule is CCOCC1CCCCN1C(=O)Nc1cccnc1. The minimum Gasteiger partial charge on any atom is -0.380 e. The van der Waals surface area contributed by atoms with E-state index < -0.39 is 0 Å². The summed E-state index contributed by atoms with van der Waals surface area (Å²) >= 11 is 0. The standard InChI is InChI=1S/C14H21N3O2/c1-2-19-11-13-7-3-4-9-17(13)14(18)16-12-6-5-8-15-10-12/h5-6,8,10,13H,2-4,7,9,11H2,1H3,(H,16,18). The second kappa shape index (κ2) is 7.09. The number of carbonyl (C=O) groups is 1. The molecule has 0 radical (unpaired) electrons. The van der Waals surface area contributed by atoms with E-state index in [-0.39, 0.29) is 12.1 Å². The van der Waals surface area contributed by atoms with Crippen LogP contribution in [0.15, 0.2) is 24.5 Å². The van der Waals surface area contributed by atoms with Gasteiger partial charge >= 0.3 is 6.03 Å². The van der Waals surface area contributed by atoms with Crippen molar-refractivity contribution in [3.05, 3.63) is 24.5 Å². The molecule has 19 heavy (non-hydrogen) atoms. The lowest BCUT2D eigenvalue weighted by Gasteiger charge is -2.35. The molecule has 104 valence electrons. The van der Waals surface area contributed by atoms with Gasteiger partial charge in [-0.15, -0.1) is 0 Å². The number of nitrogens with zero attached hydrogens (tertiary/aromatic N) is 2. The predicted molar refractivity (Wildman–Crippen MR) is 74.1 cm³/mol. The lowest BCUT2D eigenvalue weighted by molar-refractivity contribution is 0.0653. The summed E-state index contributed by atoms with van der Waals surface area (Å²) in [6.07, 6.45) is 6.58. The van der Waals surface area contributed by atoms with E-state index in [1.165, 1.54) is 0 Å². The Bertz CT molecular complexity index is 397. The molecule has 1 N–H and O–H groups in total. The number of aromatic nitrogens is 1. The van der Waals surface area contributed by atoms with Crippen LogP contribution in [0.2, 0.25) is 0 Å². The number of anilines is 1. The summed E-state index contributed by atoms with van der Waals surface area (Å²) in [5.41, 5.74) is 0.730. The van der Waals surface area contributed by atoms with Gasteiger partial charge in [-0.2, -0.15) is 0 Å². The first-order valence-corrected chi connectivity index (χ1v) is 6.86. The lowest BCUT2D eigenvalue weighted by atomic mass is 10.0. The van der Waals surface area contributed by atoms with E-state index in [0.717, 1.165) is 31.5 Å². The maximum absolute atomic E-state index is 12.3. The summed E-state index contributed by atoms with van der Waals surface area (Å²) in [5, 5.41) is 2.89. The van der Waals surface area contributed by atoms with E-state index in [4.69, 9.17) is 4.74 Å². The number of ether oxygens (including phenoxy) is 1. The quantitative estimate of drug-likeness (QED) is 0.908. The second-order valence-corrected chi connectivity index (χ2v) is 4.67. The Morgan fingerprint density at radius 3 is 3.21 bits per heavy atom. The number of rotatable bonds is 4. The number of hydrogen-bond donors (Lipinski definition) is 1. The van der Waals surface area contributed by atoms with Gasteiger partial charge in [0.15, 0.2) is 0 Å². The number of hydrogen-bond acceptors (Lipinski definition) is 3. The van der Waals surface area contributed by atoms with Crippen molar-refractivity contribution in [1.29, 1.82) is 0 Å². The molecule has 5 nitrogen and oxygen atoms in total. The molecule has 0 bridgehead atoms. The summed E-state index contributed by atoms with van der Waals surface area (Å²) in [6.45, 7) is 4.08. The van der Waals surface area contributed by atoms with Crippen molar-refractivity contribution >= 4 is 11.7 Å². The molecule has 1 unspecified atom stereocenters. The van der Waals surface area contributed by atoms with Gasteiger partial charge in [-0.1, -0.05) is 0 Å². The molecule has 2 rings (SSSR count). The minimum absolute atomic E-state index is 0.0580. The molecule has 0 saturated carbocycles. The first-order valence-electron chi connectivity index (χ1n) is 6.86. The highest BCUT2D eigenvalue weighted by atomic mass is 16.5. The highest BCUT2D eigenvalue weighted by Crippen LogP contribution is 2.18. The van der Waals surface area contributed by atoms with E-state index in [1.54, 1.807) is 12.4 Å². The number of pyridine rings is 1. The van der Waals surface area contributed by atoms with E-state index in [0.29, 0.717) is 13.2 Å². The van der Waals surface area contributed by atoms with Crippen molar-refractivity contribution in [1.82, 2.24) is 9.88 Å². The van der Waals surface area contributed by atoms with Crippen LogP contribution in [-0.4, -0.2) is 41.7 Å². The molecular weight excluding hydrogens is 242 g/mol. The maximum atomic E-state index is 12.3. The van der Waals surface area contributed by atoms with Gasteiger partial charge in [0, 0.05) is 19.3 Å². The third-order valence-electron chi connectivity index (χ3n) is 3.32. The zero-order valence-corrected chi connectivity index (χ0v) is 11.3. The Hall–Kier alpha value is -1.62. The van der Waals surface area contributed by atoms with Gasteiger partial charge in [0.1, 0.15) is 0 Å². The highest BCUT2D eigenvalue weighted by molar-refractivity contribution is 5.89. The second-order valence-electron chi connectivity index (χ2n) is 4.67. The van der Waals surface area contributed by atoms with Crippen LogP contribution >= 0.6 is 0 Å². The normalized spacial score (nSPS) is 19.2. The van der Waals surface area contributed by atoms with E-state index >= 15 is 0 Å². The van der Waals surface area contributed by atoms with Gasteiger partial charge in [-0.3, -0.25) is 4.98 Å². The highest BCUT2D eigenvalue weighted by Gasteiger charge is 2.26. The molecule has 1 aliphatic heterocycles. The van der Waals surface area contributed by atoms with Gasteiger partial charge < -0.3 is 15.0 Å². The topological polar surface area (TPSA) is 54.5 Å². The average molecular weight is 263 g/mol. The zero-order chi connectivity index (χ0) is 13.5. The van der Waals surface area contributed by atoms with Crippen molar-refractivity contribution in [3.63, 3.8) is 0 Å². The van der Waals surface area contributed by atoms with Crippen LogP contribution < -0.4 is 5.32 Å². The van der Waals surface area contributed by atoms with Crippen LogP contribution in [0.5, 0.6) is 0 Å². The smallest absolute Gasteiger partial charge is 0.322 e. The van der Waals surface area contributed by atoms with Crippen LogP contribution in [0.25, 0.3) is 0 Å². The molecule has 1 fully saturated rings. The Morgan fingerprint density at radius 2 is 2.47 bits per heavy atom. The van der Waals surface area contributed by atoms with Crippen LogP contribution in [0, 0.1) is 0 Å². The summed E-state index contributed by atoms with van der Waals surface area (Å²) in [4.78, 5) is 18.1. The number of amides is 2. The Balaban J connectivity index is 1.95. The first kappa shape index (κ1) is 13.8. The van der Waals surface area contributed by atoms with Crippen molar-refractivity contribution in [2.45, 2.75) is 32.2 Å². The van der Waals surface area contributed by atoms with E-state index in [9.17, 15) is 4.79 Å². The molecule has 1 saturated heterocycles. The molecule has 0 spiro atoms. The van der Waals surface area contributed by atoms with Crippen molar-refractivity contribution in [2.75, 3.05) is 25.1 Å². The van der Waals surface area contributed by atoms with Crippen LogP contribution in [0.4, 0.5) is 10.5 Å². The summed E-state index contributed by atoms with van der Waals surface area (Å²) in [5.74, 6) is 0. The molecular formula is C14H21N3O2. The summed E-state index contributed by atoms with van der Waals surface area (Å²) < 4.78 is 5.47. The Morgan fingerprint density at radius 1 is 1.58 bits per heavy atom. The summed E-state index contributed by atoms with van der Waals surface area (Å²) in [6, 6.07) is 3.78. The van der Waals surface area contributed by atoms with Crippen molar-refractivity contribution in [3.8, 4) is 0 Å². The summed E-state index contributed by atoms with van der Waals surface area (Å²) in [7, 11) is 0. The van der Waals surface area contributed by atoms with E-state index in [1.807, 2.05) is 24.0 Å². The van der Waals surface area contributed by atoms with Gasteiger partial charge in [0.2, 0.25) is 0 Å². The molecule has 1 aliphatic rings. The molecule has 1 atom stereocenters. The van der Waals surface area contributed by atoms with E-state index in [2.05, 4.69) is 10.3 Å². The molecule has 5 heteroatoms. The van der Waals surface area contributed by atoms with Crippen molar-refractivity contribution in [2.24, 2.45) is 0 Å². The fraction of sp³-hybridized carbons (Fsp3) is 0.571. The lowest BCUT2D eigenvalue weighted by Crippen LogP contribution is -2.48. The van der Waals surface area contributed by atoms with Crippen LogP contribution in [0.1, 0.15) is 26.2 Å². The number of nitrogens with one attached hydrogen (secondary N) is 1. The fourth-order valence-electron chi connectivity index (χ4n) is 2.33. The minimum atomic E-state index is -0.0580. The van der Waals surface area contributed by atoms with Crippen molar-refractivity contribution < 1.29 is 9.53 Å². The van der Waals surface area contributed by atoms with Gasteiger partial charge in [0.25, 0.3) is 0 Å². The number of urea groups is 1. The molecule has 1 aromatic rings. The number of carbonyl (C=O) groups excluding carboxylic acids is 1. The van der Waals surface area contributed by atoms with Gasteiger partial charge in [0.05, 0.1) is 24.5 Å². The van der Waals surface area contributed by atoms with Gasteiger partial charge in [-0.25, -0.2) is 4.79 Å². The maximum Gasteiger partial charge on any atom is 0.322 e. The number of piperidine rings is 1. The Labute approximate surface area is 114 Å². The number of likely N-dealkylation sites (tertiary alicyclic amines) is 1. The third kappa shape index (κ3) is 3.92. The molecule has 2 heterocycles. The average Bonchev–Trinajstić information content (AvgIpc) is 2.46.